The molecular formula is C20H25BrN2O3S. The average Bonchev–Trinajstić information content (AvgIpc) is 2.59. The number of hydrogen-bond donors (Lipinski definition) is 2. The van der Waals surface area contributed by atoms with Gasteiger partial charge in [-0.3, -0.25) is 4.79 Å². The summed E-state index contributed by atoms with van der Waals surface area (Å²) in [7, 11) is -3.49. The third-order valence-electron chi connectivity index (χ3n) is 3.99. The van der Waals surface area contributed by atoms with Crippen LogP contribution < -0.4 is 10.0 Å². The molecule has 1 amide bonds. The van der Waals surface area contributed by atoms with Crippen LogP contribution in [0.5, 0.6) is 0 Å². The SMILES string of the molecule is CC(C)NS(=O)(=O)c1ccc(CCC(=O)N[C@@H](C)c2cccc(Br)c2)cc1. The fraction of sp³-hybridized carbons (Fsp3) is 0.350. The van der Waals surface area contributed by atoms with Gasteiger partial charge in [-0.25, -0.2) is 13.1 Å². The summed E-state index contributed by atoms with van der Waals surface area (Å²) in [6.45, 7) is 5.50. The lowest BCUT2D eigenvalue weighted by Gasteiger charge is -2.15. The molecular weight excluding hydrogens is 428 g/mol. The molecule has 0 unspecified atom stereocenters. The Hall–Kier alpha value is -1.70. The lowest BCUT2D eigenvalue weighted by molar-refractivity contribution is -0.121. The molecule has 0 aliphatic heterocycles. The molecule has 0 saturated carbocycles. The second kappa shape index (κ2) is 9.48. The van der Waals surface area contributed by atoms with E-state index < -0.39 is 10.0 Å². The van der Waals surface area contributed by atoms with Gasteiger partial charge in [0.25, 0.3) is 0 Å². The number of amides is 1. The number of benzene rings is 2. The Kier molecular flexibility index (Phi) is 7.59. The second-order valence-electron chi connectivity index (χ2n) is 6.76. The van der Waals surface area contributed by atoms with Crippen LogP contribution in [0, 0.1) is 0 Å². The first-order valence-corrected chi connectivity index (χ1v) is 11.1. The van der Waals surface area contributed by atoms with E-state index in [9.17, 15) is 13.2 Å². The van der Waals surface area contributed by atoms with E-state index in [4.69, 9.17) is 0 Å². The summed E-state index contributed by atoms with van der Waals surface area (Å²) in [5.41, 5.74) is 1.95. The molecule has 146 valence electrons. The lowest BCUT2D eigenvalue weighted by Crippen LogP contribution is -2.30. The minimum Gasteiger partial charge on any atom is -0.350 e. The van der Waals surface area contributed by atoms with E-state index in [-0.39, 0.29) is 22.9 Å². The number of carbonyl (C=O) groups is 1. The summed E-state index contributed by atoms with van der Waals surface area (Å²) in [6, 6.07) is 14.2. The van der Waals surface area contributed by atoms with Crippen molar-refractivity contribution in [3.8, 4) is 0 Å². The van der Waals surface area contributed by atoms with Crippen LogP contribution in [0.2, 0.25) is 0 Å². The Morgan fingerprint density at radius 2 is 1.74 bits per heavy atom. The van der Waals surface area contributed by atoms with Gasteiger partial charge in [0.1, 0.15) is 0 Å². The summed E-state index contributed by atoms with van der Waals surface area (Å²) < 4.78 is 27.8. The van der Waals surface area contributed by atoms with Crippen molar-refractivity contribution in [3.05, 3.63) is 64.1 Å². The van der Waals surface area contributed by atoms with E-state index in [0.717, 1.165) is 15.6 Å². The Labute approximate surface area is 169 Å². The average molecular weight is 453 g/mol. The first-order chi connectivity index (χ1) is 12.7. The number of aryl methyl sites for hydroxylation is 1. The van der Waals surface area contributed by atoms with Crippen LogP contribution in [0.3, 0.4) is 0 Å². The fourth-order valence-electron chi connectivity index (χ4n) is 2.64. The molecule has 2 aromatic rings. The third-order valence-corrected chi connectivity index (χ3v) is 6.16. The first-order valence-electron chi connectivity index (χ1n) is 8.83. The number of rotatable bonds is 8. The summed E-state index contributed by atoms with van der Waals surface area (Å²) in [6.07, 6.45) is 0.893. The van der Waals surface area contributed by atoms with E-state index >= 15 is 0 Å². The fourth-order valence-corrected chi connectivity index (χ4v) is 4.31. The lowest BCUT2D eigenvalue weighted by atomic mass is 10.1. The summed E-state index contributed by atoms with van der Waals surface area (Å²) >= 11 is 3.43. The van der Waals surface area contributed by atoms with Gasteiger partial charge < -0.3 is 5.32 Å². The Morgan fingerprint density at radius 3 is 2.33 bits per heavy atom. The van der Waals surface area contributed by atoms with Crippen molar-refractivity contribution in [2.24, 2.45) is 0 Å². The van der Waals surface area contributed by atoms with Gasteiger partial charge in [0.05, 0.1) is 10.9 Å². The van der Waals surface area contributed by atoms with E-state index in [1.54, 1.807) is 38.1 Å². The number of carbonyl (C=O) groups excluding carboxylic acids is 1. The molecule has 0 saturated heterocycles. The molecule has 5 nitrogen and oxygen atoms in total. The molecule has 0 aromatic heterocycles. The van der Waals surface area contributed by atoms with Crippen molar-refractivity contribution in [1.29, 1.82) is 0 Å². The molecule has 1 atom stereocenters. The van der Waals surface area contributed by atoms with Crippen molar-refractivity contribution in [2.45, 2.75) is 50.6 Å². The van der Waals surface area contributed by atoms with E-state index in [2.05, 4.69) is 26.0 Å². The van der Waals surface area contributed by atoms with E-state index in [1.807, 2.05) is 31.2 Å². The van der Waals surface area contributed by atoms with Crippen LogP contribution in [0.15, 0.2) is 57.9 Å². The summed E-state index contributed by atoms with van der Waals surface area (Å²) in [4.78, 5) is 12.4. The maximum Gasteiger partial charge on any atom is 0.240 e. The highest BCUT2D eigenvalue weighted by atomic mass is 79.9. The zero-order valence-electron chi connectivity index (χ0n) is 15.7. The molecule has 0 bridgehead atoms. The van der Waals surface area contributed by atoms with Crippen molar-refractivity contribution in [1.82, 2.24) is 10.0 Å². The maximum atomic E-state index is 12.2. The van der Waals surface area contributed by atoms with Gasteiger partial charge in [-0.1, -0.05) is 40.2 Å². The molecule has 0 fully saturated rings. The standard InChI is InChI=1S/C20H25BrN2O3S/c1-14(2)23-27(25,26)19-10-7-16(8-11-19)9-12-20(24)22-15(3)17-5-4-6-18(21)13-17/h4-8,10-11,13-15,23H,9,12H2,1-3H3,(H,22,24)/t15-/m0/s1. The normalized spacial score (nSPS) is 12.8. The zero-order chi connectivity index (χ0) is 20.0. The van der Waals surface area contributed by atoms with Gasteiger partial charge in [-0.2, -0.15) is 0 Å². The number of sulfonamides is 1. The quantitative estimate of drug-likeness (QED) is 0.636. The summed E-state index contributed by atoms with van der Waals surface area (Å²) in [5.74, 6) is -0.0411. The first kappa shape index (κ1) is 21.6. The van der Waals surface area contributed by atoms with E-state index in [0.29, 0.717) is 12.8 Å². The Bertz CT molecular complexity index is 880. The molecule has 7 heteroatoms. The topological polar surface area (TPSA) is 75.3 Å². The van der Waals surface area contributed by atoms with Gasteiger partial charge in [-0.05, 0) is 62.6 Å². The zero-order valence-corrected chi connectivity index (χ0v) is 18.1. The largest absolute Gasteiger partial charge is 0.350 e. The Balaban J connectivity index is 1.90. The number of halogens is 1. The second-order valence-corrected chi connectivity index (χ2v) is 9.39. The monoisotopic (exact) mass is 452 g/mol. The van der Waals surface area contributed by atoms with Crippen LogP contribution in [0.1, 0.15) is 44.4 Å². The predicted molar refractivity (Wildman–Crippen MR) is 111 cm³/mol. The van der Waals surface area contributed by atoms with Crippen LogP contribution in [-0.4, -0.2) is 20.4 Å². The predicted octanol–water partition coefficient (Wildman–Crippen LogP) is 3.95. The van der Waals surface area contributed by atoms with Crippen LogP contribution in [0.25, 0.3) is 0 Å². The van der Waals surface area contributed by atoms with Gasteiger partial charge >= 0.3 is 0 Å². The van der Waals surface area contributed by atoms with Crippen molar-refractivity contribution in [2.75, 3.05) is 0 Å². The summed E-state index contributed by atoms with van der Waals surface area (Å²) in [5, 5.41) is 2.99. The molecule has 0 aliphatic rings. The molecule has 27 heavy (non-hydrogen) atoms. The molecule has 0 aliphatic carbocycles. The molecule has 2 rings (SSSR count). The number of hydrogen-bond acceptors (Lipinski definition) is 3. The molecule has 2 N–H and O–H groups in total. The van der Waals surface area contributed by atoms with Gasteiger partial charge in [0, 0.05) is 16.9 Å². The third kappa shape index (κ3) is 6.75. The molecule has 2 aromatic carbocycles. The minimum absolute atomic E-state index is 0.0411. The minimum atomic E-state index is -3.49. The van der Waals surface area contributed by atoms with Crippen LogP contribution in [-0.2, 0) is 21.2 Å². The smallest absolute Gasteiger partial charge is 0.240 e. The van der Waals surface area contributed by atoms with Crippen molar-refractivity contribution in [3.63, 3.8) is 0 Å². The molecule has 0 heterocycles. The van der Waals surface area contributed by atoms with E-state index in [1.165, 1.54) is 0 Å². The van der Waals surface area contributed by atoms with Crippen LogP contribution in [0.4, 0.5) is 0 Å². The number of nitrogens with one attached hydrogen (secondary N) is 2. The van der Waals surface area contributed by atoms with Gasteiger partial charge in [-0.15, -0.1) is 0 Å². The highest BCUT2D eigenvalue weighted by Crippen LogP contribution is 2.18. The van der Waals surface area contributed by atoms with Gasteiger partial charge in [0.15, 0.2) is 0 Å². The molecule has 0 radical (unpaired) electrons. The highest BCUT2D eigenvalue weighted by Gasteiger charge is 2.15. The molecule has 0 spiro atoms. The van der Waals surface area contributed by atoms with Crippen LogP contribution >= 0.6 is 15.9 Å². The highest BCUT2D eigenvalue weighted by molar-refractivity contribution is 9.10. The van der Waals surface area contributed by atoms with Crippen molar-refractivity contribution < 1.29 is 13.2 Å². The Morgan fingerprint density at radius 1 is 1.07 bits per heavy atom. The van der Waals surface area contributed by atoms with Gasteiger partial charge in [0.2, 0.25) is 15.9 Å². The maximum absolute atomic E-state index is 12.2. The van der Waals surface area contributed by atoms with Crippen molar-refractivity contribution >= 4 is 31.9 Å².